The van der Waals surface area contributed by atoms with Crippen LogP contribution in [0.25, 0.3) is 0 Å². The number of aromatic nitrogens is 1. The van der Waals surface area contributed by atoms with Gasteiger partial charge in [0.25, 0.3) is 0 Å². The van der Waals surface area contributed by atoms with Gasteiger partial charge in [-0.15, -0.1) is 0 Å². The second kappa shape index (κ2) is 6.55. The van der Waals surface area contributed by atoms with Crippen molar-refractivity contribution in [2.24, 2.45) is 0 Å². The molecule has 0 spiro atoms. The molecule has 1 aromatic rings. The number of hydrogen-bond donors (Lipinski definition) is 1. The van der Waals surface area contributed by atoms with Crippen LogP contribution in [0.2, 0.25) is 0 Å². The zero-order chi connectivity index (χ0) is 14.6. The molecule has 1 fully saturated rings. The van der Waals surface area contributed by atoms with E-state index in [0.29, 0.717) is 0 Å². The Morgan fingerprint density at radius 2 is 2.00 bits per heavy atom. The zero-order valence-corrected chi connectivity index (χ0v) is 13.0. The van der Waals surface area contributed by atoms with Crippen LogP contribution < -0.4 is 10.1 Å². The van der Waals surface area contributed by atoms with E-state index in [1.165, 1.54) is 5.56 Å². The van der Waals surface area contributed by atoms with Gasteiger partial charge in [0.1, 0.15) is 6.10 Å². The van der Waals surface area contributed by atoms with Crippen LogP contribution in [-0.2, 0) is 11.3 Å². The number of nitrogens with one attached hydrogen (secondary N) is 1. The number of rotatable bonds is 4. The Hall–Kier alpha value is -1.13. The molecule has 0 unspecified atom stereocenters. The molecule has 1 saturated heterocycles. The Morgan fingerprint density at radius 3 is 2.60 bits per heavy atom. The highest BCUT2D eigenvalue weighted by atomic mass is 16.5. The smallest absolute Gasteiger partial charge is 0.213 e. The third-order valence-corrected chi connectivity index (χ3v) is 3.43. The van der Waals surface area contributed by atoms with Crippen LogP contribution in [0.4, 0.5) is 0 Å². The molecular formula is C16H26N2O2. The van der Waals surface area contributed by atoms with E-state index in [9.17, 15) is 0 Å². The lowest BCUT2D eigenvalue weighted by atomic mass is 10.1. The first-order valence-corrected chi connectivity index (χ1v) is 7.40. The van der Waals surface area contributed by atoms with E-state index in [2.05, 4.69) is 37.1 Å². The minimum Gasteiger partial charge on any atom is -0.474 e. The minimum atomic E-state index is 0.115. The fourth-order valence-electron chi connectivity index (χ4n) is 2.14. The van der Waals surface area contributed by atoms with Gasteiger partial charge >= 0.3 is 0 Å². The molecule has 1 aliphatic heterocycles. The summed E-state index contributed by atoms with van der Waals surface area (Å²) >= 11 is 0. The first-order chi connectivity index (χ1) is 9.44. The summed E-state index contributed by atoms with van der Waals surface area (Å²) in [5.74, 6) is 0.730. The van der Waals surface area contributed by atoms with Crippen LogP contribution in [0, 0.1) is 6.92 Å². The summed E-state index contributed by atoms with van der Waals surface area (Å²) in [5.41, 5.74) is 2.37. The molecule has 1 aromatic heterocycles. The topological polar surface area (TPSA) is 43.4 Å². The van der Waals surface area contributed by atoms with Crippen molar-refractivity contribution in [2.45, 2.75) is 58.7 Å². The largest absolute Gasteiger partial charge is 0.474 e. The standard InChI is InChI=1S/C16H26N2O2/c1-12-13(11-17-16(2,3)4)5-6-15(18-12)20-14-7-9-19-10-8-14/h5-6,14,17H,7-11H2,1-4H3. The highest BCUT2D eigenvalue weighted by Crippen LogP contribution is 2.18. The van der Waals surface area contributed by atoms with E-state index in [1.807, 2.05) is 13.0 Å². The van der Waals surface area contributed by atoms with Crippen molar-refractivity contribution >= 4 is 0 Å². The summed E-state index contributed by atoms with van der Waals surface area (Å²) in [6.07, 6.45) is 2.15. The van der Waals surface area contributed by atoms with Crippen LogP contribution in [0.15, 0.2) is 12.1 Å². The fraction of sp³-hybridized carbons (Fsp3) is 0.688. The molecule has 2 heterocycles. The van der Waals surface area contributed by atoms with Crippen LogP contribution in [0.1, 0.15) is 44.9 Å². The lowest BCUT2D eigenvalue weighted by Crippen LogP contribution is -2.35. The van der Waals surface area contributed by atoms with E-state index >= 15 is 0 Å². The predicted octanol–water partition coefficient (Wildman–Crippen LogP) is 2.84. The van der Waals surface area contributed by atoms with Gasteiger partial charge in [0.2, 0.25) is 5.88 Å². The minimum absolute atomic E-state index is 0.115. The van der Waals surface area contributed by atoms with Gasteiger partial charge < -0.3 is 14.8 Å². The summed E-state index contributed by atoms with van der Waals surface area (Å²) in [6.45, 7) is 10.9. The number of pyridine rings is 1. The molecule has 0 aliphatic carbocycles. The molecular weight excluding hydrogens is 252 g/mol. The maximum absolute atomic E-state index is 5.93. The lowest BCUT2D eigenvalue weighted by molar-refractivity contribution is 0.0237. The molecule has 20 heavy (non-hydrogen) atoms. The monoisotopic (exact) mass is 278 g/mol. The van der Waals surface area contributed by atoms with Crippen molar-refractivity contribution in [2.75, 3.05) is 13.2 Å². The Balaban J connectivity index is 1.94. The normalized spacial score (nSPS) is 17.2. The van der Waals surface area contributed by atoms with Crippen molar-refractivity contribution in [3.8, 4) is 5.88 Å². The first kappa shape index (κ1) is 15.3. The van der Waals surface area contributed by atoms with Gasteiger partial charge in [-0.1, -0.05) is 6.07 Å². The second-order valence-corrected chi connectivity index (χ2v) is 6.43. The van der Waals surface area contributed by atoms with Crippen molar-refractivity contribution < 1.29 is 9.47 Å². The van der Waals surface area contributed by atoms with Crippen LogP contribution >= 0.6 is 0 Å². The summed E-state index contributed by atoms with van der Waals surface area (Å²) in [6, 6.07) is 4.08. The molecule has 0 bridgehead atoms. The molecule has 2 rings (SSSR count). The van der Waals surface area contributed by atoms with Gasteiger partial charge in [-0.05, 0) is 33.3 Å². The van der Waals surface area contributed by atoms with Crippen LogP contribution in [0.3, 0.4) is 0 Å². The average Bonchev–Trinajstić information content (AvgIpc) is 2.38. The molecule has 0 radical (unpaired) electrons. The summed E-state index contributed by atoms with van der Waals surface area (Å²) < 4.78 is 11.3. The first-order valence-electron chi connectivity index (χ1n) is 7.40. The Bertz CT molecular complexity index is 435. The number of aryl methyl sites for hydroxylation is 1. The highest BCUT2D eigenvalue weighted by Gasteiger charge is 2.16. The van der Waals surface area contributed by atoms with Crippen molar-refractivity contribution in [1.82, 2.24) is 10.3 Å². The van der Waals surface area contributed by atoms with E-state index < -0.39 is 0 Å². The molecule has 1 N–H and O–H groups in total. The third-order valence-electron chi connectivity index (χ3n) is 3.43. The highest BCUT2D eigenvalue weighted by molar-refractivity contribution is 5.25. The number of hydrogen-bond acceptors (Lipinski definition) is 4. The maximum Gasteiger partial charge on any atom is 0.213 e. The molecule has 0 atom stereocenters. The SMILES string of the molecule is Cc1nc(OC2CCOCC2)ccc1CNC(C)(C)C. The molecule has 4 heteroatoms. The Morgan fingerprint density at radius 1 is 1.30 bits per heavy atom. The molecule has 0 aromatic carbocycles. The molecule has 0 saturated carbocycles. The quantitative estimate of drug-likeness (QED) is 0.919. The van der Waals surface area contributed by atoms with E-state index in [4.69, 9.17) is 9.47 Å². The number of ether oxygens (including phenoxy) is 2. The predicted molar refractivity (Wildman–Crippen MR) is 80.0 cm³/mol. The maximum atomic E-state index is 5.93. The van der Waals surface area contributed by atoms with Gasteiger partial charge in [0, 0.05) is 36.7 Å². The van der Waals surface area contributed by atoms with E-state index in [1.54, 1.807) is 0 Å². The second-order valence-electron chi connectivity index (χ2n) is 6.43. The van der Waals surface area contributed by atoms with E-state index in [-0.39, 0.29) is 11.6 Å². The van der Waals surface area contributed by atoms with Crippen LogP contribution in [0.5, 0.6) is 5.88 Å². The van der Waals surface area contributed by atoms with Crippen LogP contribution in [-0.4, -0.2) is 29.8 Å². The van der Waals surface area contributed by atoms with Gasteiger partial charge in [0.15, 0.2) is 0 Å². The fourth-order valence-corrected chi connectivity index (χ4v) is 2.14. The molecule has 1 aliphatic rings. The summed E-state index contributed by atoms with van der Waals surface area (Å²) in [4.78, 5) is 4.56. The zero-order valence-electron chi connectivity index (χ0n) is 13.0. The Kier molecular flexibility index (Phi) is 5.00. The van der Waals surface area contributed by atoms with Crippen molar-refractivity contribution in [1.29, 1.82) is 0 Å². The third kappa shape index (κ3) is 4.76. The van der Waals surface area contributed by atoms with Crippen molar-refractivity contribution in [3.63, 3.8) is 0 Å². The molecule has 0 amide bonds. The van der Waals surface area contributed by atoms with Gasteiger partial charge in [-0.3, -0.25) is 0 Å². The summed E-state index contributed by atoms with van der Waals surface area (Å²) in [5, 5.41) is 3.48. The molecule has 4 nitrogen and oxygen atoms in total. The average molecular weight is 278 g/mol. The van der Waals surface area contributed by atoms with Gasteiger partial charge in [-0.25, -0.2) is 4.98 Å². The van der Waals surface area contributed by atoms with Gasteiger partial charge in [0.05, 0.1) is 13.2 Å². The van der Waals surface area contributed by atoms with Crippen molar-refractivity contribution in [3.05, 3.63) is 23.4 Å². The Labute approximate surface area is 121 Å². The number of nitrogens with zero attached hydrogens (tertiary/aromatic N) is 1. The summed E-state index contributed by atoms with van der Waals surface area (Å²) in [7, 11) is 0. The lowest BCUT2D eigenvalue weighted by Gasteiger charge is -2.23. The van der Waals surface area contributed by atoms with E-state index in [0.717, 1.165) is 44.2 Å². The molecule has 112 valence electrons. The van der Waals surface area contributed by atoms with Gasteiger partial charge in [-0.2, -0.15) is 0 Å².